The van der Waals surface area contributed by atoms with E-state index in [4.69, 9.17) is 4.74 Å². The maximum absolute atomic E-state index is 12.3. The number of hydrogen-bond acceptors (Lipinski definition) is 4. The lowest BCUT2D eigenvalue weighted by Crippen LogP contribution is -2.46. The molecular weight excluding hydrogens is 272 g/mol. The van der Waals surface area contributed by atoms with Crippen molar-refractivity contribution in [2.45, 2.75) is 52.5 Å². The maximum Gasteiger partial charge on any atom is 0.326 e. The van der Waals surface area contributed by atoms with Gasteiger partial charge in [-0.05, 0) is 37.5 Å². The van der Waals surface area contributed by atoms with Gasteiger partial charge in [-0.25, -0.2) is 4.79 Å². The van der Waals surface area contributed by atoms with Crippen molar-refractivity contribution in [3.8, 4) is 0 Å². The molecule has 1 aliphatic heterocycles. The minimum Gasteiger partial charge on any atom is -0.464 e. The van der Waals surface area contributed by atoms with Crippen molar-refractivity contribution in [1.29, 1.82) is 0 Å². The number of carbonyl (C=O) groups is 3. The van der Waals surface area contributed by atoms with Gasteiger partial charge in [0, 0.05) is 0 Å². The topological polar surface area (TPSA) is 75.7 Å². The molecule has 2 fully saturated rings. The third-order valence-electron chi connectivity index (χ3n) is 4.10. The highest BCUT2D eigenvalue weighted by Crippen LogP contribution is 2.42. The molecule has 0 aromatic heterocycles. The summed E-state index contributed by atoms with van der Waals surface area (Å²) in [6, 6.07) is -0.498. The Kier molecular flexibility index (Phi) is 4.00. The molecule has 1 saturated carbocycles. The first kappa shape index (κ1) is 15.8. The maximum atomic E-state index is 12.3. The molecule has 6 heteroatoms. The minimum absolute atomic E-state index is 0.0751. The van der Waals surface area contributed by atoms with Crippen LogP contribution in [0.25, 0.3) is 0 Å². The summed E-state index contributed by atoms with van der Waals surface area (Å²) in [6.07, 6.45) is 2.61. The zero-order valence-electron chi connectivity index (χ0n) is 13.2. The first-order valence-corrected chi connectivity index (χ1v) is 7.43. The quantitative estimate of drug-likeness (QED) is 0.618. The van der Waals surface area contributed by atoms with Crippen LogP contribution < -0.4 is 5.32 Å². The lowest BCUT2D eigenvalue weighted by molar-refractivity contribution is -0.148. The first-order chi connectivity index (χ1) is 9.63. The fourth-order valence-electron chi connectivity index (χ4n) is 2.44. The predicted molar refractivity (Wildman–Crippen MR) is 76.4 cm³/mol. The Bertz CT molecular complexity index is 465. The van der Waals surface area contributed by atoms with Crippen molar-refractivity contribution in [3.05, 3.63) is 0 Å². The molecule has 6 nitrogen and oxygen atoms in total. The second-order valence-electron chi connectivity index (χ2n) is 7.33. The van der Waals surface area contributed by atoms with E-state index < -0.39 is 17.5 Å². The van der Waals surface area contributed by atoms with Gasteiger partial charge in [-0.1, -0.05) is 20.8 Å². The highest BCUT2D eigenvalue weighted by Gasteiger charge is 2.56. The summed E-state index contributed by atoms with van der Waals surface area (Å²) < 4.78 is 5.11. The highest BCUT2D eigenvalue weighted by atomic mass is 16.5. The molecule has 1 unspecified atom stereocenters. The molecule has 0 aromatic rings. The molecule has 1 heterocycles. The average Bonchev–Trinajstić information content (AvgIpc) is 3.14. The lowest BCUT2D eigenvalue weighted by Gasteiger charge is -2.21. The van der Waals surface area contributed by atoms with Crippen molar-refractivity contribution in [2.75, 3.05) is 13.2 Å². The van der Waals surface area contributed by atoms with Crippen LogP contribution in [0.4, 0.5) is 4.79 Å². The summed E-state index contributed by atoms with van der Waals surface area (Å²) in [5, 5.41) is 2.71. The molecule has 1 atom stereocenters. The summed E-state index contributed by atoms with van der Waals surface area (Å²) in [4.78, 5) is 37.0. The van der Waals surface area contributed by atoms with Crippen molar-refractivity contribution >= 4 is 17.9 Å². The van der Waals surface area contributed by atoms with Crippen LogP contribution in [0, 0.1) is 11.3 Å². The van der Waals surface area contributed by atoms with Crippen molar-refractivity contribution < 1.29 is 19.1 Å². The number of imide groups is 1. The van der Waals surface area contributed by atoms with Crippen molar-refractivity contribution in [3.63, 3.8) is 0 Å². The van der Waals surface area contributed by atoms with Gasteiger partial charge in [0.15, 0.2) is 0 Å². The van der Waals surface area contributed by atoms with E-state index in [-0.39, 0.29) is 23.8 Å². The van der Waals surface area contributed by atoms with Crippen LogP contribution in [-0.2, 0) is 14.3 Å². The smallest absolute Gasteiger partial charge is 0.326 e. The highest BCUT2D eigenvalue weighted by molar-refractivity contribution is 6.08. The summed E-state index contributed by atoms with van der Waals surface area (Å²) in [6.45, 7) is 7.89. The van der Waals surface area contributed by atoms with E-state index in [0.29, 0.717) is 6.61 Å². The Hall–Kier alpha value is -1.59. The van der Waals surface area contributed by atoms with Gasteiger partial charge in [0.2, 0.25) is 0 Å². The molecule has 2 rings (SSSR count). The number of amides is 3. The first-order valence-electron chi connectivity index (χ1n) is 7.43. The second kappa shape index (κ2) is 5.31. The zero-order chi connectivity index (χ0) is 15.8. The number of esters is 1. The van der Waals surface area contributed by atoms with Crippen LogP contribution in [0.3, 0.4) is 0 Å². The van der Waals surface area contributed by atoms with E-state index in [1.54, 1.807) is 6.92 Å². The van der Waals surface area contributed by atoms with Gasteiger partial charge in [-0.15, -0.1) is 0 Å². The molecule has 1 aliphatic carbocycles. The van der Waals surface area contributed by atoms with Crippen LogP contribution in [0.5, 0.6) is 0 Å². The fraction of sp³-hybridized carbons (Fsp3) is 0.800. The Morgan fingerprint density at radius 1 is 1.38 bits per heavy atom. The van der Waals surface area contributed by atoms with E-state index in [1.165, 1.54) is 0 Å². The van der Waals surface area contributed by atoms with E-state index >= 15 is 0 Å². The average molecular weight is 296 g/mol. The van der Waals surface area contributed by atoms with E-state index in [2.05, 4.69) is 26.1 Å². The monoisotopic (exact) mass is 296 g/mol. The van der Waals surface area contributed by atoms with Crippen molar-refractivity contribution in [2.24, 2.45) is 11.3 Å². The van der Waals surface area contributed by atoms with Gasteiger partial charge in [0.05, 0.1) is 6.61 Å². The van der Waals surface area contributed by atoms with E-state index in [0.717, 1.165) is 24.2 Å². The number of hydrogen-bond donors (Lipinski definition) is 1. The molecule has 0 radical (unpaired) electrons. The van der Waals surface area contributed by atoms with E-state index in [9.17, 15) is 14.4 Å². The van der Waals surface area contributed by atoms with Gasteiger partial charge >= 0.3 is 12.0 Å². The molecule has 2 aliphatic rings. The lowest BCUT2D eigenvalue weighted by atomic mass is 9.93. The SMILES string of the molecule is CC(C)(C)CCOC(=O)CN1C(=O)NC(C)(C2CC2)C1=O. The summed E-state index contributed by atoms with van der Waals surface area (Å²) in [7, 11) is 0. The zero-order valence-corrected chi connectivity index (χ0v) is 13.2. The second-order valence-corrected chi connectivity index (χ2v) is 7.33. The third-order valence-corrected chi connectivity index (χ3v) is 4.10. The molecule has 118 valence electrons. The molecular formula is C15H24N2O4. The van der Waals surface area contributed by atoms with Gasteiger partial charge < -0.3 is 10.1 Å². The summed E-state index contributed by atoms with van der Waals surface area (Å²) >= 11 is 0. The van der Waals surface area contributed by atoms with Gasteiger partial charge in [-0.3, -0.25) is 14.5 Å². The molecule has 3 amide bonds. The molecule has 1 N–H and O–H groups in total. The Labute approximate surface area is 125 Å². The molecule has 1 saturated heterocycles. The number of urea groups is 1. The third kappa shape index (κ3) is 3.54. The van der Waals surface area contributed by atoms with Crippen LogP contribution in [0.1, 0.15) is 47.0 Å². The largest absolute Gasteiger partial charge is 0.464 e. The molecule has 0 aromatic carbocycles. The number of nitrogens with zero attached hydrogens (tertiary/aromatic N) is 1. The predicted octanol–water partition coefficient (Wildman–Crippen LogP) is 1.69. The number of rotatable bonds is 5. The summed E-state index contributed by atoms with van der Waals surface area (Å²) in [5.41, 5.74) is -0.769. The van der Waals surface area contributed by atoms with Gasteiger partial charge in [0.25, 0.3) is 5.91 Å². The molecule has 0 bridgehead atoms. The van der Waals surface area contributed by atoms with Gasteiger partial charge in [-0.2, -0.15) is 0 Å². The number of carbonyl (C=O) groups excluding carboxylic acids is 3. The Morgan fingerprint density at radius 3 is 2.52 bits per heavy atom. The van der Waals surface area contributed by atoms with Crippen LogP contribution in [-0.4, -0.2) is 41.5 Å². The number of ether oxygens (including phenoxy) is 1. The van der Waals surface area contributed by atoms with E-state index in [1.807, 2.05) is 0 Å². The fourth-order valence-corrected chi connectivity index (χ4v) is 2.44. The van der Waals surface area contributed by atoms with Gasteiger partial charge in [0.1, 0.15) is 12.1 Å². The molecule has 0 spiro atoms. The summed E-state index contributed by atoms with van der Waals surface area (Å²) in [5.74, 6) is -0.665. The molecule has 21 heavy (non-hydrogen) atoms. The normalized spacial score (nSPS) is 26.0. The van der Waals surface area contributed by atoms with Crippen LogP contribution >= 0.6 is 0 Å². The van der Waals surface area contributed by atoms with Crippen LogP contribution in [0.2, 0.25) is 0 Å². The van der Waals surface area contributed by atoms with Crippen molar-refractivity contribution in [1.82, 2.24) is 10.2 Å². The number of nitrogens with one attached hydrogen (secondary N) is 1. The Balaban J connectivity index is 1.86. The Morgan fingerprint density at radius 2 is 2.00 bits per heavy atom. The standard InChI is InChI=1S/C15H24N2O4/c1-14(2,3)7-8-21-11(18)9-17-12(19)15(4,10-5-6-10)16-13(17)20/h10H,5-9H2,1-4H3,(H,16,20). The van der Waals surface area contributed by atoms with Crippen LogP contribution in [0.15, 0.2) is 0 Å². The minimum atomic E-state index is -0.844.